The van der Waals surface area contributed by atoms with Crippen molar-refractivity contribution < 1.29 is 14.3 Å². The molecule has 1 amide bonds. The summed E-state index contributed by atoms with van der Waals surface area (Å²) in [5, 5.41) is 2.86. The van der Waals surface area contributed by atoms with E-state index >= 15 is 0 Å². The second-order valence-electron chi connectivity index (χ2n) is 7.26. The molecule has 1 atom stereocenters. The average Bonchev–Trinajstić information content (AvgIpc) is 2.48. The fourth-order valence-corrected chi connectivity index (χ4v) is 2.62. The molecule has 1 saturated heterocycles. The van der Waals surface area contributed by atoms with Gasteiger partial charge in [0.25, 0.3) is 0 Å². The Kier molecular flexibility index (Phi) is 6.45. The normalized spacial score (nSPS) is 17.3. The van der Waals surface area contributed by atoms with Crippen molar-refractivity contribution in [3.8, 4) is 0 Å². The second-order valence-corrected chi connectivity index (χ2v) is 7.26. The van der Waals surface area contributed by atoms with Crippen LogP contribution in [-0.2, 0) is 15.9 Å². The summed E-state index contributed by atoms with van der Waals surface area (Å²) in [6, 6.07) is 7.70. The SMILES string of the molecule is CC(C)(C)NC(=O)OC(Cc1ccc(N)cc1)CN1CCOCC1. The minimum Gasteiger partial charge on any atom is -0.445 e. The summed E-state index contributed by atoms with van der Waals surface area (Å²) in [4.78, 5) is 14.4. The number of nitrogens with one attached hydrogen (secondary N) is 1. The number of alkyl carbamates (subject to hydrolysis) is 1. The highest BCUT2D eigenvalue weighted by Crippen LogP contribution is 2.12. The molecule has 0 bridgehead atoms. The molecule has 134 valence electrons. The van der Waals surface area contributed by atoms with Gasteiger partial charge in [-0.2, -0.15) is 0 Å². The number of morpholine rings is 1. The number of carbonyl (C=O) groups excluding carboxylic acids is 1. The van der Waals surface area contributed by atoms with Crippen molar-refractivity contribution in [1.82, 2.24) is 10.2 Å². The molecule has 0 spiro atoms. The van der Waals surface area contributed by atoms with Gasteiger partial charge in [0.1, 0.15) is 6.10 Å². The lowest BCUT2D eigenvalue weighted by molar-refractivity contribution is 0.00809. The van der Waals surface area contributed by atoms with Gasteiger partial charge in [-0.05, 0) is 38.5 Å². The minimum atomic E-state index is -0.379. The number of nitrogen functional groups attached to an aromatic ring is 1. The summed E-state index contributed by atoms with van der Waals surface area (Å²) in [7, 11) is 0. The summed E-state index contributed by atoms with van der Waals surface area (Å²) in [6.45, 7) is 9.68. The maximum Gasteiger partial charge on any atom is 0.407 e. The van der Waals surface area contributed by atoms with E-state index in [4.69, 9.17) is 15.2 Å². The molecule has 1 heterocycles. The van der Waals surface area contributed by atoms with Crippen molar-refractivity contribution in [3.05, 3.63) is 29.8 Å². The zero-order valence-electron chi connectivity index (χ0n) is 14.9. The van der Waals surface area contributed by atoms with Gasteiger partial charge in [0.05, 0.1) is 13.2 Å². The van der Waals surface area contributed by atoms with Gasteiger partial charge >= 0.3 is 6.09 Å². The molecule has 24 heavy (non-hydrogen) atoms. The van der Waals surface area contributed by atoms with Gasteiger partial charge in [0.2, 0.25) is 0 Å². The van der Waals surface area contributed by atoms with Gasteiger partial charge in [-0.15, -0.1) is 0 Å². The van der Waals surface area contributed by atoms with E-state index in [1.165, 1.54) is 0 Å². The Labute approximate surface area is 144 Å². The van der Waals surface area contributed by atoms with Crippen LogP contribution in [0.2, 0.25) is 0 Å². The van der Waals surface area contributed by atoms with E-state index in [1.807, 2.05) is 45.0 Å². The molecule has 0 saturated carbocycles. The van der Waals surface area contributed by atoms with Crippen molar-refractivity contribution in [3.63, 3.8) is 0 Å². The molecule has 6 nitrogen and oxygen atoms in total. The van der Waals surface area contributed by atoms with Crippen molar-refractivity contribution in [2.24, 2.45) is 0 Å². The van der Waals surface area contributed by atoms with E-state index in [9.17, 15) is 4.79 Å². The maximum atomic E-state index is 12.2. The lowest BCUT2D eigenvalue weighted by atomic mass is 10.1. The third-order valence-corrected chi connectivity index (χ3v) is 3.76. The number of amides is 1. The summed E-state index contributed by atoms with van der Waals surface area (Å²) in [5.41, 5.74) is 7.26. The van der Waals surface area contributed by atoms with Crippen molar-refractivity contribution in [2.45, 2.75) is 38.8 Å². The number of benzene rings is 1. The Bertz CT molecular complexity index is 519. The lowest BCUT2D eigenvalue weighted by Crippen LogP contribution is -2.46. The number of ether oxygens (including phenoxy) is 2. The molecule has 1 aromatic carbocycles. The number of carbonyl (C=O) groups is 1. The molecule has 1 unspecified atom stereocenters. The van der Waals surface area contributed by atoms with Crippen LogP contribution in [0.5, 0.6) is 0 Å². The Balaban J connectivity index is 1.99. The smallest absolute Gasteiger partial charge is 0.407 e. The topological polar surface area (TPSA) is 76.8 Å². The number of nitrogens with zero attached hydrogens (tertiary/aromatic N) is 1. The third kappa shape index (κ3) is 6.76. The van der Waals surface area contributed by atoms with Crippen LogP contribution in [0.1, 0.15) is 26.3 Å². The number of hydrogen-bond acceptors (Lipinski definition) is 5. The van der Waals surface area contributed by atoms with Crippen molar-refractivity contribution >= 4 is 11.8 Å². The zero-order chi connectivity index (χ0) is 17.6. The summed E-state index contributed by atoms with van der Waals surface area (Å²) in [6.07, 6.45) is 0.0696. The molecule has 1 aromatic rings. The van der Waals surface area contributed by atoms with Crippen molar-refractivity contribution in [2.75, 3.05) is 38.6 Å². The van der Waals surface area contributed by atoms with Crippen LogP contribution >= 0.6 is 0 Å². The van der Waals surface area contributed by atoms with E-state index in [-0.39, 0.29) is 17.7 Å². The highest BCUT2D eigenvalue weighted by atomic mass is 16.6. The summed E-state index contributed by atoms with van der Waals surface area (Å²) < 4.78 is 11.1. The minimum absolute atomic E-state index is 0.214. The Hall–Kier alpha value is -1.79. The monoisotopic (exact) mass is 335 g/mol. The van der Waals surface area contributed by atoms with Gasteiger partial charge < -0.3 is 20.5 Å². The fraction of sp³-hybridized carbons (Fsp3) is 0.611. The first kappa shape index (κ1) is 18.5. The Morgan fingerprint density at radius 3 is 2.50 bits per heavy atom. The van der Waals surface area contributed by atoms with Gasteiger partial charge in [-0.3, -0.25) is 4.90 Å². The molecular formula is C18H29N3O3. The highest BCUT2D eigenvalue weighted by Gasteiger charge is 2.23. The first-order valence-corrected chi connectivity index (χ1v) is 8.45. The van der Waals surface area contributed by atoms with E-state index in [0.717, 1.165) is 37.6 Å². The number of rotatable bonds is 5. The van der Waals surface area contributed by atoms with E-state index in [2.05, 4.69) is 10.2 Å². The van der Waals surface area contributed by atoms with Crippen LogP contribution < -0.4 is 11.1 Å². The molecule has 3 N–H and O–H groups in total. The summed E-state index contributed by atoms with van der Waals surface area (Å²) in [5.74, 6) is 0. The molecule has 0 aliphatic carbocycles. The molecular weight excluding hydrogens is 306 g/mol. The van der Waals surface area contributed by atoms with Gasteiger partial charge in [-0.1, -0.05) is 12.1 Å². The highest BCUT2D eigenvalue weighted by molar-refractivity contribution is 5.68. The predicted octanol–water partition coefficient (Wildman–Crippen LogP) is 2.04. The van der Waals surface area contributed by atoms with Crippen molar-refractivity contribution in [1.29, 1.82) is 0 Å². The number of anilines is 1. The second kappa shape index (κ2) is 8.35. The lowest BCUT2D eigenvalue weighted by Gasteiger charge is -2.31. The Morgan fingerprint density at radius 1 is 1.29 bits per heavy atom. The molecule has 1 aliphatic rings. The molecule has 1 fully saturated rings. The number of hydrogen-bond donors (Lipinski definition) is 2. The van der Waals surface area contributed by atoms with E-state index in [0.29, 0.717) is 13.0 Å². The molecule has 6 heteroatoms. The summed E-state index contributed by atoms with van der Waals surface area (Å²) >= 11 is 0. The zero-order valence-corrected chi connectivity index (χ0v) is 14.9. The molecule has 1 aliphatic heterocycles. The van der Waals surface area contributed by atoms with Crippen LogP contribution in [0, 0.1) is 0 Å². The van der Waals surface area contributed by atoms with Crippen LogP contribution in [0.25, 0.3) is 0 Å². The van der Waals surface area contributed by atoms with Gasteiger partial charge in [0.15, 0.2) is 0 Å². The molecule has 0 radical (unpaired) electrons. The van der Waals surface area contributed by atoms with Crippen LogP contribution in [-0.4, -0.2) is 55.5 Å². The van der Waals surface area contributed by atoms with E-state index < -0.39 is 0 Å². The van der Waals surface area contributed by atoms with Crippen LogP contribution in [0.3, 0.4) is 0 Å². The van der Waals surface area contributed by atoms with E-state index in [1.54, 1.807) is 0 Å². The number of nitrogens with two attached hydrogens (primary N) is 1. The molecule has 2 rings (SSSR count). The standard InChI is InChI=1S/C18H29N3O3/c1-18(2,3)20-17(22)24-16(13-21-8-10-23-11-9-21)12-14-4-6-15(19)7-5-14/h4-7,16H,8-13,19H2,1-3H3,(H,20,22). The largest absolute Gasteiger partial charge is 0.445 e. The first-order valence-electron chi connectivity index (χ1n) is 8.45. The predicted molar refractivity (Wildman–Crippen MR) is 95.0 cm³/mol. The fourth-order valence-electron chi connectivity index (χ4n) is 2.62. The quantitative estimate of drug-likeness (QED) is 0.805. The maximum absolute atomic E-state index is 12.2. The average molecular weight is 335 g/mol. The van der Waals surface area contributed by atoms with Gasteiger partial charge in [-0.25, -0.2) is 4.79 Å². The van der Waals surface area contributed by atoms with Crippen LogP contribution in [0.15, 0.2) is 24.3 Å². The first-order chi connectivity index (χ1) is 11.3. The van der Waals surface area contributed by atoms with Gasteiger partial charge in [0, 0.05) is 37.3 Å². The van der Waals surface area contributed by atoms with Crippen LogP contribution in [0.4, 0.5) is 10.5 Å². The molecule has 0 aromatic heterocycles. The Morgan fingerprint density at radius 2 is 1.92 bits per heavy atom. The third-order valence-electron chi connectivity index (χ3n) is 3.76.